The van der Waals surface area contributed by atoms with Crippen molar-refractivity contribution >= 4 is 21.6 Å². The zero-order valence-corrected chi connectivity index (χ0v) is 15.0. The van der Waals surface area contributed by atoms with E-state index in [0.29, 0.717) is 23.4 Å². The standard InChI is InChI=1S/C16H20ClN3O3S/c1-10-14(17)4-3-5-15(10)24(22,23)19-16(11-6-13(21)7-11)12-8-18-20(2)9-12/h3-5,8-9,11,13,16,19,21H,6-7H2,1-2H3/t11?,13?,16-/m0/s1. The first-order chi connectivity index (χ1) is 11.3. The van der Waals surface area contributed by atoms with E-state index in [9.17, 15) is 13.5 Å². The van der Waals surface area contributed by atoms with Crippen LogP contribution in [-0.4, -0.2) is 29.4 Å². The summed E-state index contributed by atoms with van der Waals surface area (Å²) in [6.07, 6.45) is 4.21. The third kappa shape index (κ3) is 3.35. The van der Waals surface area contributed by atoms with Crippen molar-refractivity contribution in [1.82, 2.24) is 14.5 Å². The van der Waals surface area contributed by atoms with Gasteiger partial charge in [0.1, 0.15) is 0 Å². The van der Waals surface area contributed by atoms with Crippen molar-refractivity contribution in [3.8, 4) is 0 Å². The second kappa shape index (κ2) is 6.48. The molecule has 2 N–H and O–H groups in total. The number of aliphatic hydroxyl groups is 1. The van der Waals surface area contributed by atoms with E-state index in [1.165, 1.54) is 0 Å². The molecule has 0 spiro atoms. The van der Waals surface area contributed by atoms with Gasteiger partial charge >= 0.3 is 0 Å². The number of aliphatic hydroxyl groups excluding tert-OH is 1. The Morgan fingerprint density at radius 2 is 2.12 bits per heavy atom. The molecule has 0 unspecified atom stereocenters. The molecule has 24 heavy (non-hydrogen) atoms. The van der Waals surface area contributed by atoms with Gasteiger partial charge in [0.2, 0.25) is 10.0 Å². The summed E-state index contributed by atoms with van der Waals surface area (Å²) in [6.45, 7) is 1.68. The predicted octanol–water partition coefficient (Wildman–Crippen LogP) is 2.17. The maximum atomic E-state index is 12.9. The number of hydrogen-bond acceptors (Lipinski definition) is 4. The fraction of sp³-hybridized carbons (Fsp3) is 0.438. The molecule has 0 radical (unpaired) electrons. The zero-order valence-electron chi connectivity index (χ0n) is 13.5. The van der Waals surface area contributed by atoms with Crippen LogP contribution in [-0.2, 0) is 17.1 Å². The number of sulfonamides is 1. The van der Waals surface area contributed by atoms with Crippen molar-refractivity contribution in [2.75, 3.05) is 0 Å². The second-order valence-corrected chi connectivity index (χ2v) is 8.38. The van der Waals surface area contributed by atoms with E-state index in [0.717, 1.165) is 5.56 Å². The monoisotopic (exact) mass is 369 g/mol. The normalized spacial score (nSPS) is 22.2. The highest BCUT2D eigenvalue weighted by Gasteiger charge is 2.38. The lowest BCUT2D eigenvalue weighted by Gasteiger charge is -2.37. The maximum absolute atomic E-state index is 12.9. The molecule has 6 nitrogen and oxygen atoms in total. The van der Waals surface area contributed by atoms with Gasteiger partial charge in [0.05, 0.1) is 23.2 Å². The van der Waals surface area contributed by atoms with Crippen molar-refractivity contribution in [2.24, 2.45) is 13.0 Å². The molecular formula is C16H20ClN3O3S. The van der Waals surface area contributed by atoms with E-state index < -0.39 is 16.1 Å². The Hall–Kier alpha value is -1.41. The lowest BCUT2D eigenvalue weighted by molar-refractivity contribution is 0.0280. The molecule has 1 heterocycles. The number of halogens is 1. The zero-order chi connectivity index (χ0) is 17.5. The topological polar surface area (TPSA) is 84.2 Å². The molecule has 0 bridgehead atoms. The average Bonchev–Trinajstić information content (AvgIpc) is 2.91. The minimum absolute atomic E-state index is 0.0402. The predicted molar refractivity (Wildman–Crippen MR) is 91.2 cm³/mol. The highest BCUT2D eigenvalue weighted by atomic mass is 35.5. The Morgan fingerprint density at radius 3 is 2.71 bits per heavy atom. The van der Waals surface area contributed by atoms with Crippen molar-refractivity contribution in [3.63, 3.8) is 0 Å². The highest BCUT2D eigenvalue weighted by molar-refractivity contribution is 7.89. The quantitative estimate of drug-likeness (QED) is 0.846. The first-order valence-electron chi connectivity index (χ1n) is 7.72. The summed E-state index contributed by atoms with van der Waals surface area (Å²) in [4.78, 5) is 0.170. The number of aryl methyl sites for hydroxylation is 1. The van der Waals surface area contributed by atoms with E-state index in [1.54, 1.807) is 49.2 Å². The molecule has 1 aromatic carbocycles. The van der Waals surface area contributed by atoms with Crippen LogP contribution < -0.4 is 4.72 Å². The van der Waals surface area contributed by atoms with Crippen molar-refractivity contribution < 1.29 is 13.5 Å². The fourth-order valence-corrected chi connectivity index (χ4v) is 4.84. The van der Waals surface area contributed by atoms with Crippen LogP contribution in [0.15, 0.2) is 35.5 Å². The minimum atomic E-state index is -3.74. The van der Waals surface area contributed by atoms with Gasteiger partial charge in [-0.2, -0.15) is 5.10 Å². The molecule has 1 aliphatic carbocycles. The maximum Gasteiger partial charge on any atom is 0.241 e. The molecule has 8 heteroatoms. The summed E-state index contributed by atoms with van der Waals surface area (Å²) in [7, 11) is -1.96. The Labute approximate surface area is 146 Å². The molecule has 0 amide bonds. The van der Waals surface area contributed by atoms with Gasteiger partial charge in [0, 0.05) is 23.8 Å². The van der Waals surface area contributed by atoms with E-state index in [4.69, 9.17) is 11.6 Å². The average molecular weight is 370 g/mol. The van der Waals surface area contributed by atoms with Crippen molar-refractivity contribution in [2.45, 2.75) is 36.8 Å². The molecule has 1 aromatic heterocycles. The molecule has 1 aliphatic rings. The van der Waals surface area contributed by atoms with E-state index in [1.807, 2.05) is 0 Å². The van der Waals surface area contributed by atoms with Crippen LogP contribution in [0.25, 0.3) is 0 Å². The van der Waals surface area contributed by atoms with Gasteiger partial charge in [-0.05, 0) is 43.4 Å². The van der Waals surface area contributed by atoms with Crippen LogP contribution in [0, 0.1) is 12.8 Å². The molecule has 3 rings (SSSR count). The first kappa shape index (κ1) is 17.4. The molecule has 0 saturated heterocycles. The molecule has 1 atom stereocenters. The van der Waals surface area contributed by atoms with Crippen LogP contribution in [0.3, 0.4) is 0 Å². The minimum Gasteiger partial charge on any atom is -0.393 e. The van der Waals surface area contributed by atoms with Crippen LogP contribution in [0.5, 0.6) is 0 Å². The highest BCUT2D eigenvalue weighted by Crippen LogP contribution is 2.39. The van der Waals surface area contributed by atoms with Crippen LogP contribution >= 0.6 is 11.6 Å². The Kier molecular flexibility index (Phi) is 4.70. The van der Waals surface area contributed by atoms with E-state index in [-0.39, 0.29) is 16.9 Å². The summed E-state index contributed by atoms with van der Waals surface area (Å²) in [6, 6.07) is 4.40. The van der Waals surface area contributed by atoms with Crippen molar-refractivity contribution in [3.05, 3.63) is 46.7 Å². The second-order valence-electron chi connectivity index (χ2n) is 6.29. The van der Waals surface area contributed by atoms with E-state index in [2.05, 4.69) is 9.82 Å². The third-order valence-electron chi connectivity index (χ3n) is 4.49. The number of aromatic nitrogens is 2. The fourth-order valence-electron chi connectivity index (χ4n) is 3.05. The summed E-state index contributed by atoms with van der Waals surface area (Å²) < 4.78 is 30.1. The molecule has 2 aromatic rings. The molecule has 1 fully saturated rings. The third-order valence-corrected chi connectivity index (χ3v) is 6.49. The molecule has 1 saturated carbocycles. The van der Waals surface area contributed by atoms with E-state index >= 15 is 0 Å². The van der Waals surface area contributed by atoms with Gasteiger partial charge in [-0.25, -0.2) is 13.1 Å². The van der Waals surface area contributed by atoms with Gasteiger partial charge < -0.3 is 5.11 Å². The van der Waals surface area contributed by atoms with Gasteiger partial charge in [0.25, 0.3) is 0 Å². The number of nitrogens with zero attached hydrogens (tertiary/aromatic N) is 2. The number of nitrogens with one attached hydrogen (secondary N) is 1. The van der Waals surface area contributed by atoms with Crippen LogP contribution in [0.1, 0.15) is 30.0 Å². The van der Waals surface area contributed by atoms with Gasteiger partial charge in [-0.15, -0.1) is 0 Å². The Balaban J connectivity index is 1.93. The van der Waals surface area contributed by atoms with Crippen molar-refractivity contribution in [1.29, 1.82) is 0 Å². The lowest BCUT2D eigenvalue weighted by atomic mass is 9.76. The summed E-state index contributed by atoms with van der Waals surface area (Å²) in [5.41, 5.74) is 1.31. The van der Waals surface area contributed by atoms with Gasteiger partial charge in [0.15, 0.2) is 0 Å². The van der Waals surface area contributed by atoms with Gasteiger partial charge in [-0.1, -0.05) is 17.7 Å². The number of rotatable bonds is 5. The molecule has 0 aliphatic heterocycles. The Bertz CT molecular complexity index is 844. The molecular weight excluding hydrogens is 350 g/mol. The summed E-state index contributed by atoms with van der Waals surface area (Å²) >= 11 is 6.06. The summed E-state index contributed by atoms with van der Waals surface area (Å²) in [5, 5.41) is 14.1. The first-order valence-corrected chi connectivity index (χ1v) is 9.58. The smallest absolute Gasteiger partial charge is 0.241 e. The molecule has 130 valence electrons. The SMILES string of the molecule is Cc1c(Cl)cccc1S(=O)(=O)N[C@H](c1cnn(C)c1)C1CC(O)C1. The van der Waals surface area contributed by atoms with Crippen LogP contribution in [0.4, 0.5) is 0 Å². The number of hydrogen-bond donors (Lipinski definition) is 2. The largest absolute Gasteiger partial charge is 0.393 e. The van der Waals surface area contributed by atoms with Crippen LogP contribution in [0.2, 0.25) is 5.02 Å². The summed E-state index contributed by atoms with van der Waals surface area (Å²) in [5.74, 6) is 0.0402. The van der Waals surface area contributed by atoms with Gasteiger partial charge in [-0.3, -0.25) is 4.68 Å². The lowest BCUT2D eigenvalue weighted by Crippen LogP contribution is -2.41. The number of benzene rings is 1. The Morgan fingerprint density at radius 1 is 1.42 bits per heavy atom.